The van der Waals surface area contributed by atoms with Crippen LogP contribution in [0.2, 0.25) is 0 Å². The van der Waals surface area contributed by atoms with Gasteiger partial charge in [-0.05, 0) is 12.8 Å². The quantitative estimate of drug-likeness (QED) is 0.153. The van der Waals surface area contributed by atoms with Crippen molar-refractivity contribution in [1.29, 1.82) is 0 Å². The van der Waals surface area contributed by atoms with Crippen LogP contribution in [0.5, 0.6) is 0 Å². The lowest BCUT2D eigenvalue weighted by molar-refractivity contribution is -0.315. The van der Waals surface area contributed by atoms with Crippen LogP contribution in [-0.4, -0.2) is 86.9 Å². The molecule has 0 amide bonds. The van der Waals surface area contributed by atoms with Crippen LogP contribution < -0.4 is 0 Å². The Morgan fingerprint density at radius 2 is 0.647 bits per heavy atom. The molecular formula is C20H36O14. The topological polar surface area (TPSA) is 271 Å². The molecular weight excluding hydrogens is 464 g/mol. The third kappa shape index (κ3) is 137. The highest BCUT2D eigenvalue weighted by Crippen LogP contribution is 2.02. The van der Waals surface area contributed by atoms with Crippen LogP contribution in [0.15, 0.2) is 50.6 Å². The van der Waals surface area contributed by atoms with Crippen molar-refractivity contribution in [2.24, 2.45) is 0 Å². The van der Waals surface area contributed by atoms with Gasteiger partial charge in [-0.1, -0.05) is 40.2 Å². The Bertz CT molecular complexity index is 495. The smallest absolute Gasteiger partial charge is 0.327 e. The second kappa shape index (κ2) is 29.6. The Hall–Kier alpha value is -3.40. The van der Waals surface area contributed by atoms with E-state index in [2.05, 4.69) is 26.3 Å². The van der Waals surface area contributed by atoms with E-state index in [-0.39, 0.29) is 12.8 Å². The highest BCUT2D eigenvalue weighted by atomic mass is 16.7. The molecule has 200 valence electrons. The summed E-state index contributed by atoms with van der Waals surface area (Å²) in [6.07, 6.45) is 4.47. The molecule has 0 aliphatic carbocycles. The first kappa shape index (κ1) is 44.3. The molecule has 10 N–H and O–H groups in total. The molecule has 0 aromatic rings. The number of rotatable bonds is 8. The largest absolute Gasteiger partial charge is 0.478 e. The highest BCUT2D eigenvalue weighted by molar-refractivity contribution is 5.79. The summed E-state index contributed by atoms with van der Waals surface area (Å²) in [4.78, 5) is 37.0. The van der Waals surface area contributed by atoms with Gasteiger partial charge in [-0.3, -0.25) is 0 Å². The molecule has 0 saturated heterocycles. The van der Waals surface area contributed by atoms with Crippen LogP contribution in [0.25, 0.3) is 0 Å². The Morgan fingerprint density at radius 3 is 0.647 bits per heavy atom. The summed E-state index contributed by atoms with van der Waals surface area (Å²) in [7, 11) is 0. The van der Waals surface area contributed by atoms with Gasteiger partial charge in [0.2, 0.25) is 0 Å². The van der Waals surface area contributed by atoms with Crippen molar-refractivity contribution in [2.75, 3.05) is 0 Å². The van der Waals surface area contributed by atoms with Crippen molar-refractivity contribution < 1.29 is 70.2 Å². The second-order valence-electron chi connectivity index (χ2n) is 5.22. The minimum absolute atomic E-state index is 0.00694. The molecule has 34 heavy (non-hydrogen) atoms. The van der Waals surface area contributed by atoms with E-state index in [1.807, 2.05) is 0 Å². The van der Waals surface area contributed by atoms with Gasteiger partial charge in [-0.15, -0.1) is 0 Å². The first-order chi connectivity index (χ1) is 15.2. The number of aliphatic carboxylic acids is 4. The molecule has 0 saturated carbocycles. The first-order valence-electron chi connectivity index (χ1n) is 8.96. The normalized spacial score (nSPS) is 8.71. The second-order valence-corrected chi connectivity index (χ2v) is 5.22. The molecule has 14 nitrogen and oxygen atoms in total. The van der Waals surface area contributed by atoms with Gasteiger partial charge in [0.1, 0.15) is 0 Å². The Morgan fingerprint density at radius 1 is 0.529 bits per heavy atom. The SMILES string of the molecule is C=CC(=O)O.C=CC(=O)O.C=CC(=O)O.C=CC(=O)O.CCCC(O)(O)O.CCCC(O)(O)O. The average Bonchev–Trinajstić information content (AvgIpc) is 2.68. The van der Waals surface area contributed by atoms with Crippen LogP contribution >= 0.6 is 0 Å². The van der Waals surface area contributed by atoms with Crippen LogP contribution in [0.3, 0.4) is 0 Å². The molecule has 0 rings (SSSR count). The van der Waals surface area contributed by atoms with Gasteiger partial charge in [0, 0.05) is 37.1 Å². The third-order valence-electron chi connectivity index (χ3n) is 1.87. The predicted molar refractivity (Wildman–Crippen MR) is 120 cm³/mol. The maximum Gasteiger partial charge on any atom is 0.327 e. The number of hydrogen-bond acceptors (Lipinski definition) is 10. The molecule has 0 heterocycles. The maximum absolute atomic E-state index is 9.25. The zero-order chi connectivity index (χ0) is 29.0. The van der Waals surface area contributed by atoms with E-state index in [0.717, 1.165) is 24.3 Å². The number of carboxylic acids is 4. The van der Waals surface area contributed by atoms with Crippen molar-refractivity contribution in [3.05, 3.63) is 50.6 Å². The van der Waals surface area contributed by atoms with Crippen LogP contribution in [0.4, 0.5) is 0 Å². The standard InChI is InChI=1S/2C4H10O3.4C3H4O2/c2*1-2-3-4(5,6)7;4*1-2-3(4)5/h2*5-7H,2-3H2,1H3;4*2H,1H2,(H,4,5). The van der Waals surface area contributed by atoms with Crippen molar-refractivity contribution in [1.82, 2.24) is 0 Å². The van der Waals surface area contributed by atoms with Gasteiger partial charge in [0.05, 0.1) is 0 Å². The first-order valence-corrected chi connectivity index (χ1v) is 8.96. The van der Waals surface area contributed by atoms with Gasteiger partial charge in [-0.25, -0.2) is 19.2 Å². The lowest BCUT2D eigenvalue weighted by Gasteiger charge is -2.10. The molecule has 0 unspecified atom stereocenters. The van der Waals surface area contributed by atoms with Gasteiger partial charge in [0.15, 0.2) is 0 Å². The Balaban J connectivity index is -0.0000000697. The minimum atomic E-state index is -2.45. The van der Waals surface area contributed by atoms with Gasteiger partial charge in [-0.2, -0.15) is 0 Å². The molecule has 0 bridgehead atoms. The van der Waals surface area contributed by atoms with Crippen molar-refractivity contribution in [3.63, 3.8) is 0 Å². The zero-order valence-electron chi connectivity index (χ0n) is 19.1. The lowest BCUT2D eigenvalue weighted by Crippen LogP contribution is -2.26. The fraction of sp³-hybridized carbons (Fsp3) is 0.400. The van der Waals surface area contributed by atoms with Crippen LogP contribution in [0.1, 0.15) is 39.5 Å². The molecule has 0 aliphatic heterocycles. The molecule has 0 fully saturated rings. The van der Waals surface area contributed by atoms with Crippen molar-refractivity contribution in [3.8, 4) is 0 Å². The summed E-state index contributed by atoms with van der Waals surface area (Å²) in [5.74, 6) is -8.83. The number of aliphatic hydroxyl groups is 6. The monoisotopic (exact) mass is 500 g/mol. The number of carboxylic acid groups (broad SMARTS) is 4. The summed E-state index contributed by atoms with van der Waals surface area (Å²) < 4.78 is 0. The summed E-state index contributed by atoms with van der Waals surface area (Å²) in [6, 6.07) is 0. The fourth-order valence-corrected chi connectivity index (χ4v) is 0.671. The van der Waals surface area contributed by atoms with Crippen LogP contribution in [-0.2, 0) is 19.2 Å². The van der Waals surface area contributed by atoms with Crippen molar-refractivity contribution >= 4 is 23.9 Å². The molecule has 0 atom stereocenters. The molecule has 14 heteroatoms. The van der Waals surface area contributed by atoms with Gasteiger partial charge in [0.25, 0.3) is 11.9 Å². The van der Waals surface area contributed by atoms with Crippen molar-refractivity contribution in [2.45, 2.75) is 51.5 Å². The van der Waals surface area contributed by atoms with Gasteiger partial charge < -0.3 is 51.1 Å². The fourth-order valence-electron chi connectivity index (χ4n) is 0.671. The van der Waals surface area contributed by atoms with E-state index in [1.54, 1.807) is 13.8 Å². The predicted octanol–water partition coefficient (Wildman–Crippen LogP) is -0.138. The summed E-state index contributed by atoms with van der Waals surface area (Å²) >= 11 is 0. The van der Waals surface area contributed by atoms with E-state index >= 15 is 0 Å². The van der Waals surface area contributed by atoms with E-state index in [9.17, 15) is 19.2 Å². The third-order valence-corrected chi connectivity index (χ3v) is 1.87. The molecule has 0 aromatic heterocycles. The average molecular weight is 500 g/mol. The van der Waals surface area contributed by atoms with E-state index in [1.165, 1.54) is 0 Å². The summed E-state index contributed by atoms with van der Waals surface area (Å²) in [6.45, 7) is 15.3. The summed E-state index contributed by atoms with van der Waals surface area (Å²) in [5, 5.41) is 79.2. The molecule has 0 aliphatic rings. The Kier molecular flexibility index (Phi) is 38.6. The lowest BCUT2D eigenvalue weighted by atomic mass is 10.3. The zero-order valence-corrected chi connectivity index (χ0v) is 19.1. The molecule has 0 radical (unpaired) electrons. The minimum Gasteiger partial charge on any atom is -0.478 e. The van der Waals surface area contributed by atoms with Crippen LogP contribution in [0, 0.1) is 0 Å². The Labute approximate surface area is 197 Å². The van der Waals surface area contributed by atoms with E-state index in [0.29, 0.717) is 12.8 Å². The number of hydrogen-bond donors (Lipinski definition) is 10. The van der Waals surface area contributed by atoms with E-state index < -0.39 is 35.8 Å². The van der Waals surface area contributed by atoms with Gasteiger partial charge >= 0.3 is 23.9 Å². The molecule has 0 spiro atoms. The van der Waals surface area contributed by atoms with E-state index in [4.69, 9.17) is 51.1 Å². The highest BCUT2D eigenvalue weighted by Gasteiger charge is 2.15. The molecule has 0 aromatic carbocycles. The number of carbonyl (C=O) groups is 4. The summed E-state index contributed by atoms with van der Waals surface area (Å²) in [5.41, 5.74) is 0. The maximum atomic E-state index is 9.25.